The minimum absolute atomic E-state index is 0.366. The maximum absolute atomic E-state index is 3.93. The molecule has 1 rings (SSSR count). The van der Waals surface area contributed by atoms with E-state index in [0.29, 0.717) is 5.41 Å². The lowest BCUT2D eigenvalue weighted by Gasteiger charge is -2.18. The predicted molar refractivity (Wildman–Crippen MR) is 64.3 cm³/mol. The molecule has 0 N–H and O–H groups in total. The Kier molecular flexibility index (Phi) is 3.15. The Morgan fingerprint density at radius 1 is 1.14 bits per heavy atom. The lowest BCUT2D eigenvalue weighted by molar-refractivity contribution is 0.411. The van der Waals surface area contributed by atoms with Crippen LogP contribution in [0.25, 0.3) is 5.57 Å². The van der Waals surface area contributed by atoms with Gasteiger partial charge in [0.25, 0.3) is 0 Å². The minimum atomic E-state index is 0.366. The standard InChI is InChI=1S/C14H20/c1-11(2)13-8-6-12(7-9-13)10-14(3,4)5/h6-9H,1,10H2,2-5H3. The summed E-state index contributed by atoms with van der Waals surface area (Å²) >= 11 is 0. The van der Waals surface area contributed by atoms with E-state index in [1.807, 2.05) is 6.92 Å². The van der Waals surface area contributed by atoms with E-state index in [4.69, 9.17) is 0 Å². The molecule has 0 saturated heterocycles. The van der Waals surface area contributed by atoms with E-state index in [-0.39, 0.29) is 0 Å². The summed E-state index contributed by atoms with van der Waals surface area (Å²) in [5.41, 5.74) is 4.14. The van der Waals surface area contributed by atoms with Crippen LogP contribution >= 0.6 is 0 Å². The van der Waals surface area contributed by atoms with Crippen LogP contribution in [0.3, 0.4) is 0 Å². The molecule has 0 aliphatic carbocycles. The molecule has 0 aliphatic heterocycles. The molecule has 0 aromatic heterocycles. The van der Waals surface area contributed by atoms with Gasteiger partial charge in [-0.15, -0.1) is 0 Å². The fourth-order valence-corrected chi connectivity index (χ4v) is 1.52. The molecule has 0 saturated carbocycles. The Labute approximate surface area is 87.7 Å². The van der Waals surface area contributed by atoms with Crippen molar-refractivity contribution in [2.75, 3.05) is 0 Å². The van der Waals surface area contributed by atoms with Gasteiger partial charge in [0.1, 0.15) is 0 Å². The smallest absolute Gasteiger partial charge is 0.0230 e. The largest absolute Gasteiger partial charge is 0.0955 e. The third kappa shape index (κ3) is 3.37. The SMILES string of the molecule is C=C(C)c1ccc(CC(C)(C)C)cc1. The zero-order chi connectivity index (χ0) is 10.8. The molecule has 76 valence electrons. The van der Waals surface area contributed by atoms with Crippen molar-refractivity contribution >= 4 is 5.57 Å². The summed E-state index contributed by atoms with van der Waals surface area (Å²) in [6.45, 7) is 12.8. The maximum Gasteiger partial charge on any atom is -0.0230 e. The van der Waals surface area contributed by atoms with E-state index in [2.05, 4.69) is 51.6 Å². The summed E-state index contributed by atoms with van der Waals surface area (Å²) < 4.78 is 0. The van der Waals surface area contributed by atoms with Crippen LogP contribution < -0.4 is 0 Å². The molecule has 0 spiro atoms. The normalized spacial score (nSPS) is 11.4. The van der Waals surface area contributed by atoms with Crippen molar-refractivity contribution in [2.24, 2.45) is 5.41 Å². The van der Waals surface area contributed by atoms with E-state index in [9.17, 15) is 0 Å². The average Bonchev–Trinajstić information content (AvgIpc) is 2.02. The fraction of sp³-hybridized carbons (Fsp3) is 0.429. The Morgan fingerprint density at radius 2 is 1.64 bits per heavy atom. The highest BCUT2D eigenvalue weighted by molar-refractivity contribution is 5.61. The van der Waals surface area contributed by atoms with Crippen molar-refractivity contribution in [1.29, 1.82) is 0 Å². The van der Waals surface area contributed by atoms with Crippen LogP contribution in [-0.4, -0.2) is 0 Å². The summed E-state index contributed by atoms with van der Waals surface area (Å²) in [7, 11) is 0. The first kappa shape index (κ1) is 11.0. The molecule has 0 nitrogen and oxygen atoms in total. The zero-order valence-electron chi connectivity index (χ0n) is 9.72. The van der Waals surface area contributed by atoms with Gasteiger partial charge in [-0.2, -0.15) is 0 Å². The highest BCUT2D eigenvalue weighted by Gasteiger charge is 2.10. The van der Waals surface area contributed by atoms with Crippen molar-refractivity contribution in [3.8, 4) is 0 Å². The Hall–Kier alpha value is -1.04. The minimum Gasteiger partial charge on any atom is -0.0955 e. The molecule has 0 heteroatoms. The van der Waals surface area contributed by atoms with Crippen LogP contribution in [-0.2, 0) is 6.42 Å². The molecule has 1 aromatic carbocycles. The van der Waals surface area contributed by atoms with E-state index in [1.54, 1.807) is 0 Å². The van der Waals surface area contributed by atoms with Gasteiger partial charge in [0.05, 0.1) is 0 Å². The third-order valence-corrected chi connectivity index (χ3v) is 2.18. The van der Waals surface area contributed by atoms with Crippen molar-refractivity contribution < 1.29 is 0 Å². The molecule has 0 fully saturated rings. The lowest BCUT2D eigenvalue weighted by atomic mass is 9.88. The van der Waals surface area contributed by atoms with Crippen molar-refractivity contribution in [1.82, 2.24) is 0 Å². The third-order valence-electron chi connectivity index (χ3n) is 2.18. The van der Waals surface area contributed by atoms with Gasteiger partial charge in [0.15, 0.2) is 0 Å². The summed E-state index contributed by atoms with van der Waals surface area (Å²) in [5, 5.41) is 0. The lowest BCUT2D eigenvalue weighted by Crippen LogP contribution is -2.08. The molecular formula is C14H20. The van der Waals surface area contributed by atoms with E-state index < -0.39 is 0 Å². The highest BCUT2D eigenvalue weighted by Crippen LogP contribution is 2.21. The Balaban J connectivity index is 2.79. The van der Waals surface area contributed by atoms with Gasteiger partial charge in [-0.3, -0.25) is 0 Å². The van der Waals surface area contributed by atoms with Crippen molar-refractivity contribution in [3.63, 3.8) is 0 Å². The van der Waals surface area contributed by atoms with Crippen LogP contribution in [0.1, 0.15) is 38.8 Å². The maximum atomic E-state index is 3.93. The van der Waals surface area contributed by atoms with Crippen LogP contribution in [0.2, 0.25) is 0 Å². The molecule has 0 aliphatic rings. The van der Waals surface area contributed by atoms with Gasteiger partial charge in [0.2, 0.25) is 0 Å². The van der Waals surface area contributed by atoms with Crippen LogP contribution in [0.4, 0.5) is 0 Å². The van der Waals surface area contributed by atoms with Crippen LogP contribution in [0.15, 0.2) is 30.8 Å². The van der Waals surface area contributed by atoms with E-state index in [0.717, 1.165) is 12.0 Å². The Bertz CT molecular complexity index is 309. The van der Waals surface area contributed by atoms with Gasteiger partial charge in [-0.25, -0.2) is 0 Å². The number of hydrogen-bond acceptors (Lipinski definition) is 0. The van der Waals surface area contributed by atoms with E-state index >= 15 is 0 Å². The molecule has 1 aromatic rings. The highest BCUT2D eigenvalue weighted by atomic mass is 14.2. The topological polar surface area (TPSA) is 0 Å². The van der Waals surface area contributed by atoms with Gasteiger partial charge < -0.3 is 0 Å². The molecule has 0 heterocycles. The summed E-state index contributed by atoms with van der Waals surface area (Å²) in [4.78, 5) is 0. The summed E-state index contributed by atoms with van der Waals surface area (Å²) in [6, 6.07) is 8.72. The van der Waals surface area contributed by atoms with Gasteiger partial charge in [-0.05, 0) is 29.9 Å². The van der Waals surface area contributed by atoms with Crippen molar-refractivity contribution in [2.45, 2.75) is 34.1 Å². The molecular weight excluding hydrogens is 168 g/mol. The number of hydrogen-bond donors (Lipinski definition) is 0. The predicted octanol–water partition coefficient (Wildman–Crippen LogP) is 4.31. The molecule has 14 heavy (non-hydrogen) atoms. The van der Waals surface area contributed by atoms with Gasteiger partial charge in [0, 0.05) is 0 Å². The molecule has 0 amide bonds. The quantitative estimate of drug-likeness (QED) is 0.649. The van der Waals surface area contributed by atoms with Crippen LogP contribution in [0.5, 0.6) is 0 Å². The van der Waals surface area contributed by atoms with E-state index in [1.165, 1.54) is 11.1 Å². The first-order valence-corrected chi connectivity index (χ1v) is 5.13. The van der Waals surface area contributed by atoms with Gasteiger partial charge >= 0.3 is 0 Å². The second-order valence-corrected chi connectivity index (χ2v) is 5.21. The second kappa shape index (κ2) is 4.00. The van der Waals surface area contributed by atoms with Crippen LogP contribution in [0, 0.1) is 5.41 Å². The summed E-state index contributed by atoms with van der Waals surface area (Å²) in [5.74, 6) is 0. The van der Waals surface area contributed by atoms with Gasteiger partial charge in [-0.1, -0.05) is 57.2 Å². The molecule has 0 bridgehead atoms. The first-order chi connectivity index (χ1) is 6.38. The second-order valence-electron chi connectivity index (χ2n) is 5.21. The first-order valence-electron chi connectivity index (χ1n) is 5.13. The molecule has 0 atom stereocenters. The fourth-order valence-electron chi connectivity index (χ4n) is 1.52. The summed E-state index contributed by atoms with van der Waals surface area (Å²) in [6.07, 6.45) is 1.13. The zero-order valence-corrected chi connectivity index (χ0v) is 9.72. The number of rotatable bonds is 2. The number of benzene rings is 1. The average molecular weight is 188 g/mol. The van der Waals surface area contributed by atoms with Crippen molar-refractivity contribution in [3.05, 3.63) is 42.0 Å². The molecule has 0 unspecified atom stereocenters. The molecule has 0 radical (unpaired) electrons. The monoisotopic (exact) mass is 188 g/mol. The Morgan fingerprint density at radius 3 is 2.00 bits per heavy atom. The number of allylic oxidation sites excluding steroid dienone is 1.